The minimum Gasteiger partial charge on any atom is -0.348 e. The van der Waals surface area contributed by atoms with Crippen LogP contribution in [0.15, 0.2) is 42.7 Å². The molecule has 3 aromatic rings. The third-order valence-electron chi connectivity index (χ3n) is 3.63. The predicted molar refractivity (Wildman–Crippen MR) is 91.6 cm³/mol. The molecule has 0 aliphatic rings. The standard InChI is InChI=1S/C18H16ClN3O/c1-11-6-12(2)16-14(7-11)8-15(17(19)22-16)18(23)21-10-13-4-3-5-20-9-13/h3-9H,10H2,1-2H3,(H,21,23). The molecule has 4 nitrogen and oxygen atoms in total. The van der Waals surface area contributed by atoms with Crippen LogP contribution in [-0.4, -0.2) is 15.9 Å². The molecule has 0 aliphatic heterocycles. The lowest BCUT2D eigenvalue weighted by atomic mass is 10.1. The molecule has 1 N–H and O–H groups in total. The number of nitrogens with zero attached hydrogens (tertiary/aromatic N) is 2. The second-order valence-corrected chi connectivity index (χ2v) is 5.88. The smallest absolute Gasteiger partial charge is 0.254 e. The SMILES string of the molecule is Cc1cc(C)c2nc(Cl)c(C(=O)NCc3cccnc3)cc2c1. The Bertz CT molecular complexity index is 878. The molecule has 0 aliphatic carbocycles. The summed E-state index contributed by atoms with van der Waals surface area (Å²) >= 11 is 6.21. The lowest BCUT2D eigenvalue weighted by Gasteiger charge is -2.09. The number of hydrogen-bond acceptors (Lipinski definition) is 3. The van der Waals surface area contributed by atoms with Crippen LogP contribution in [0.5, 0.6) is 0 Å². The molecule has 0 fully saturated rings. The molecule has 116 valence electrons. The van der Waals surface area contributed by atoms with Gasteiger partial charge < -0.3 is 5.32 Å². The number of halogens is 1. The first-order valence-electron chi connectivity index (χ1n) is 7.29. The number of rotatable bonds is 3. The second-order valence-electron chi connectivity index (χ2n) is 5.52. The van der Waals surface area contributed by atoms with Crippen molar-refractivity contribution in [1.29, 1.82) is 0 Å². The molecule has 23 heavy (non-hydrogen) atoms. The van der Waals surface area contributed by atoms with Crippen LogP contribution in [0.2, 0.25) is 5.15 Å². The van der Waals surface area contributed by atoms with Crippen LogP contribution in [0.25, 0.3) is 10.9 Å². The Morgan fingerprint density at radius 1 is 1.26 bits per heavy atom. The molecule has 2 heterocycles. The highest BCUT2D eigenvalue weighted by atomic mass is 35.5. The minimum absolute atomic E-state index is 0.216. The Hall–Kier alpha value is -2.46. The molecule has 1 aromatic carbocycles. The molecule has 2 aromatic heterocycles. The number of pyridine rings is 2. The van der Waals surface area contributed by atoms with Gasteiger partial charge in [0.2, 0.25) is 0 Å². The summed E-state index contributed by atoms with van der Waals surface area (Å²) in [5.74, 6) is -0.243. The van der Waals surface area contributed by atoms with Crippen LogP contribution >= 0.6 is 11.6 Å². The van der Waals surface area contributed by atoms with Crippen LogP contribution < -0.4 is 5.32 Å². The van der Waals surface area contributed by atoms with E-state index in [2.05, 4.69) is 15.3 Å². The molecular weight excluding hydrogens is 310 g/mol. The maximum Gasteiger partial charge on any atom is 0.254 e. The highest BCUT2D eigenvalue weighted by molar-refractivity contribution is 6.33. The molecular formula is C18H16ClN3O. The maximum atomic E-state index is 12.4. The molecule has 0 saturated heterocycles. The van der Waals surface area contributed by atoms with E-state index < -0.39 is 0 Å². The summed E-state index contributed by atoms with van der Waals surface area (Å²) in [6, 6.07) is 9.58. The third kappa shape index (κ3) is 3.32. The van der Waals surface area contributed by atoms with Crippen LogP contribution in [0, 0.1) is 13.8 Å². The van der Waals surface area contributed by atoms with E-state index in [1.54, 1.807) is 18.5 Å². The van der Waals surface area contributed by atoms with Crippen molar-refractivity contribution in [3.63, 3.8) is 0 Å². The largest absolute Gasteiger partial charge is 0.348 e. The number of benzene rings is 1. The van der Waals surface area contributed by atoms with Crippen molar-refractivity contribution in [2.24, 2.45) is 0 Å². The van der Waals surface area contributed by atoms with Crippen molar-refractivity contribution in [1.82, 2.24) is 15.3 Å². The predicted octanol–water partition coefficient (Wildman–Crippen LogP) is 3.83. The van der Waals surface area contributed by atoms with Crippen molar-refractivity contribution in [2.45, 2.75) is 20.4 Å². The number of carbonyl (C=O) groups is 1. The normalized spacial score (nSPS) is 10.7. The number of amides is 1. The van der Waals surface area contributed by atoms with Gasteiger partial charge >= 0.3 is 0 Å². The van der Waals surface area contributed by atoms with E-state index in [0.717, 1.165) is 27.6 Å². The third-order valence-corrected chi connectivity index (χ3v) is 3.91. The van der Waals surface area contributed by atoms with Gasteiger partial charge in [0, 0.05) is 24.3 Å². The molecule has 0 atom stereocenters. The van der Waals surface area contributed by atoms with Crippen molar-refractivity contribution < 1.29 is 4.79 Å². The summed E-state index contributed by atoms with van der Waals surface area (Å²) in [5.41, 5.74) is 4.31. The van der Waals surface area contributed by atoms with E-state index in [1.807, 2.05) is 38.1 Å². The van der Waals surface area contributed by atoms with Gasteiger partial charge in [-0.15, -0.1) is 0 Å². The number of hydrogen-bond donors (Lipinski definition) is 1. The summed E-state index contributed by atoms with van der Waals surface area (Å²) in [4.78, 5) is 20.8. The Morgan fingerprint density at radius 3 is 2.83 bits per heavy atom. The van der Waals surface area contributed by atoms with Gasteiger partial charge in [0.15, 0.2) is 0 Å². The van der Waals surface area contributed by atoms with Gasteiger partial charge in [-0.2, -0.15) is 0 Å². The molecule has 0 unspecified atom stereocenters. The van der Waals surface area contributed by atoms with Crippen LogP contribution in [0.4, 0.5) is 0 Å². The van der Waals surface area contributed by atoms with Gasteiger partial charge in [0.05, 0.1) is 11.1 Å². The Morgan fingerprint density at radius 2 is 2.09 bits per heavy atom. The van der Waals surface area contributed by atoms with Gasteiger partial charge in [-0.25, -0.2) is 4.98 Å². The molecule has 0 bridgehead atoms. The molecule has 5 heteroatoms. The van der Waals surface area contributed by atoms with Crippen LogP contribution in [0.1, 0.15) is 27.0 Å². The molecule has 0 saturated carbocycles. The molecule has 0 radical (unpaired) electrons. The van der Waals surface area contributed by atoms with E-state index in [1.165, 1.54) is 0 Å². The van der Waals surface area contributed by atoms with Gasteiger partial charge in [0.25, 0.3) is 5.91 Å². The first-order valence-corrected chi connectivity index (χ1v) is 7.67. The van der Waals surface area contributed by atoms with Crippen molar-refractivity contribution in [3.05, 3.63) is 70.1 Å². The van der Waals surface area contributed by atoms with E-state index in [-0.39, 0.29) is 11.1 Å². The van der Waals surface area contributed by atoms with Crippen molar-refractivity contribution >= 4 is 28.4 Å². The maximum absolute atomic E-state index is 12.4. The summed E-state index contributed by atoms with van der Waals surface area (Å²) in [7, 11) is 0. The Balaban J connectivity index is 1.89. The quantitative estimate of drug-likeness (QED) is 0.745. The number of nitrogens with one attached hydrogen (secondary N) is 1. The zero-order valence-electron chi connectivity index (χ0n) is 12.9. The fourth-order valence-electron chi connectivity index (χ4n) is 2.57. The van der Waals surface area contributed by atoms with Gasteiger partial charge in [-0.3, -0.25) is 9.78 Å². The zero-order valence-corrected chi connectivity index (χ0v) is 13.7. The average Bonchev–Trinajstić information content (AvgIpc) is 2.54. The van der Waals surface area contributed by atoms with Gasteiger partial charge in [0.1, 0.15) is 5.15 Å². The lowest BCUT2D eigenvalue weighted by Crippen LogP contribution is -2.23. The van der Waals surface area contributed by atoms with Crippen LogP contribution in [0.3, 0.4) is 0 Å². The monoisotopic (exact) mass is 325 g/mol. The topological polar surface area (TPSA) is 54.9 Å². The zero-order chi connectivity index (χ0) is 16.4. The minimum atomic E-state index is -0.243. The fraction of sp³-hybridized carbons (Fsp3) is 0.167. The summed E-state index contributed by atoms with van der Waals surface area (Å²) in [6.07, 6.45) is 3.41. The van der Waals surface area contributed by atoms with Gasteiger partial charge in [-0.05, 0) is 43.2 Å². The van der Waals surface area contributed by atoms with E-state index in [4.69, 9.17) is 11.6 Å². The summed E-state index contributed by atoms with van der Waals surface area (Å²) in [6.45, 7) is 4.40. The Kier molecular flexibility index (Phi) is 4.26. The molecule has 3 rings (SSSR count). The summed E-state index contributed by atoms with van der Waals surface area (Å²) < 4.78 is 0. The highest BCUT2D eigenvalue weighted by Crippen LogP contribution is 2.24. The molecule has 0 spiro atoms. The Labute approximate surface area is 139 Å². The summed E-state index contributed by atoms with van der Waals surface area (Å²) in [5, 5.41) is 3.98. The van der Waals surface area contributed by atoms with E-state index >= 15 is 0 Å². The van der Waals surface area contributed by atoms with E-state index in [9.17, 15) is 4.79 Å². The van der Waals surface area contributed by atoms with Gasteiger partial charge in [-0.1, -0.05) is 29.3 Å². The number of carbonyl (C=O) groups excluding carboxylic acids is 1. The highest BCUT2D eigenvalue weighted by Gasteiger charge is 2.14. The first-order chi connectivity index (χ1) is 11.0. The number of fused-ring (bicyclic) bond motifs is 1. The fourth-order valence-corrected chi connectivity index (χ4v) is 2.79. The van der Waals surface area contributed by atoms with Crippen molar-refractivity contribution in [2.75, 3.05) is 0 Å². The number of aromatic nitrogens is 2. The first kappa shape index (κ1) is 15.4. The van der Waals surface area contributed by atoms with E-state index in [0.29, 0.717) is 12.1 Å². The average molecular weight is 326 g/mol. The van der Waals surface area contributed by atoms with Crippen LogP contribution in [-0.2, 0) is 6.54 Å². The number of aryl methyl sites for hydroxylation is 2. The lowest BCUT2D eigenvalue weighted by molar-refractivity contribution is 0.0951. The molecule has 1 amide bonds. The second kappa shape index (κ2) is 6.34. The van der Waals surface area contributed by atoms with Crippen molar-refractivity contribution in [3.8, 4) is 0 Å².